The fourth-order valence-electron chi connectivity index (χ4n) is 3.68. The number of allylic oxidation sites excluding steroid dienone is 1. The van der Waals surface area contributed by atoms with Gasteiger partial charge in [0.25, 0.3) is 0 Å². The SMILES string of the molecule is CC(C)CC[N+]1(C2=NP(=O)(O)c3cc(NS(C)(=O)=O)ccc3N2)N=C(c2ccsc2)C(O)=CC1=O. The van der Waals surface area contributed by atoms with Crippen molar-refractivity contribution in [1.29, 1.82) is 0 Å². The lowest BCUT2D eigenvalue weighted by atomic mass is 10.1. The van der Waals surface area contributed by atoms with E-state index in [-0.39, 0.29) is 46.6 Å². The number of hydrogen-bond donors (Lipinski definition) is 4. The van der Waals surface area contributed by atoms with E-state index < -0.39 is 28.0 Å². The molecule has 35 heavy (non-hydrogen) atoms. The van der Waals surface area contributed by atoms with Gasteiger partial charge in [-0.3, -0.25) is 14.6 Å². The van der Waals surface area contributed by atoms with Crippen molar-refractivity contribution in [1.82, 2.24) is 0 Å². The molecule has 0 saturated carbocycles. The van der Waals surface area contributed by atoms with E-state index in [2.05, 4.69) is 19.9 Å². The molecule has 0 saturated heterocycles. The van der Waals surface area contributed by atoms with Crippen molar-refractivity contribution in [3.63, 3.8) is 0 Å². The number of rotatable bonds is 6. The Bertz CT molecular complexity index is 1430. The number of quaternary nitrogens is 1. The van der Waals surface area contributed by atoms with Crippen molar-refractivity contribution in [2.45, 2.75) is 20.3 Å². The van der Waals surface area contributed by atoms with E-state index in [1.165, 1.54) is 29.5 Å². The zero-order valence-electron chi connectivity index (χ0n) is 19.2. The molecule has 2 aromatic rings. The summed E-state index contributed by atoms with van der Waals surface area (Å²) in [5, 5.41) is 21.5. The van der Waals surface area contributed by atoms with Crippen LogP contribution >= 0.6 is 18.9 Å². The fourth-order valence-corrected chi connectivity index (χ4v) is 6.19. The van der Waals surface area contributed by atoms with Crippen LogP contribution < -0.4 is 15.3 Å². The normalized spacial score (nSPS) is 24.3. The number of amides is 1. The quantitative estimate of drug-likeness (QED) is 0.325. The molecule has 1 aromatic carbocycles. The Balaban J connectivity index is 1.85. The van der Waals surface area contributed by atoms with Crippen molar-refractivity contribution in [2.24, 2.45) is 15.8 Å². The number of sulfonamides is 1. The summed E-state index contributed by atoms with van der Waals surface area (Å²) < 4.78 is 42.0. The van der Waals surface area contributed by atoms with Gasteiger partial charge in [0.05, 0.1) is 23.3 Å². The molecule has 0 radical (unpaired) electrons. The maximum absolute atomic E-state index is 13.3. The van der Waals surface area contributed by atoms with Gasteiger partial charge in [-0.25, -0.2) is 13.2 Å². The Kier molecular flexibility index (Phi) is 6.49. The Morgan fingerprint density at radius 3 is 2.66 bits per heavy atom. The van der Waals surface area contributed by atoms with Crippen molar-refractivity contribution in [3.05, 3.63) is 52.4 Å². The van der Waals surface area contributed by atoms with Crippen LogP contribution in [0.25, 0.3) is 0 Å². The van der Waals surface area contributed by atoms with Gasteiger partial charge in [-0.2, -0.15) is 11.3 Å². The molecule has 11 nitrogen and oxygen atoms in total. The lowest BCUT2D eigenvalue weighted by Gasteiger charge is -2.34. The van der Waals surface area contributed by atoms with E-state index in [0.717, 1.165) is 12.3 Å². The first-order valence-corrected chi connectivity index (χ1v) is 15.0. The third-order valence-electron chi connectivity index (χ3n) is 5.40. The van der Waals surface area contributed by atoms with Crippen LogP contribution in [-0.2, 0) is 19.4 Å². The lowest BCUT2D eigenvalue weighted by molar-refractivity contribution is -0.769. The number of carbonyl (C=O) groups is 1. The van der Waals surface area contributed by atoms with Crippen LogP contribution in [0.4, 0.5) is 11.4 Å². The van der Waals surface area contributed by atoms with E-state index in [0.29, 0.717) is 12.0 Å². The molecule has 2 unspecified atom stereocenters. The van der Waals surface area contributed by atoms with Gasteiger partial charge in [-0.1, -0.05) is 23.5 Å². The third kappa shape index (κ3) is 5.09. The van der Waals surface area contributed by atoms with Gasteiger partial charge in [-0.15, -0.1) is 4.76 Å². The van der Waals surface area contributed by atoms with Crippen LogP contribution in [0.5, 0.6) is 0 Å². The number of anilines is 2. The first-order chi connectivity index (χ1) is 16.3. The molecule has 186 valence electrons. The summed E-state index contributed by atoms with van der Waals surface area (Å²) in [5.74, 6) is -0.896. The fraction of sp³-hybridized carbons (Fsp3) is 0.286. The number of fused-ring (bicyclic) bond motifs is 1. The van der Waals surface area contributed by atoms with Gasteiger partial charge in [0.2, 0.25) is 10.0 Å². The van der Waals surface area contributed by atoms with Gasteiger partial charge in [0.1, 0.15) is 6.54 Å². The molecular formula is C21H25N5O6PS2+. The Morgan fingerprint density at radius 2 is 2.03 bits per heavy atom. The Morgan fingerprint density at radius 1 is 1.29 bits per heavy atom. The maximum Gasteiger partial charge on any atom is 0.376 e. The summed E-state index contributed by atoms with van der Waals surface area (Å²) in [7, 11) is -8.04. The van der Waals surface area contributed by atoms with E-state index in [9.17, 15) is 27.8 Å². The highest BCUT2D eigenvalue weighted by Crippen LogP contribution is 2.48. The number of nitrogens with zero attached hydrogens (tertiary/aromatic N) is 3. The standard InChI is InChI=1S/C21H24N5O6PS2/c1-13(2)6-8-26(19(28)11-17(27)20(23-26)14-7-9-34-12-14)21-22-16-5-4-15(25-35(3,31)32)10-18(16)33(29,30)24-21/h4-5,7,9-13H,6,8H2,1-3H3,(H3-,22,23,24,25,27,28,29,30)/p+1. The zero-order chi connectivity index (χ0) is 25.6. The number of aliphatic hydroxyl groups is 1. The number of benzene rings is 1. The largest absolute Gasteiger partial charge is 0.505 e. The van der Waals surface area contributed by atoms with Crippen LogP contribution in [0.2, 0.25) is 0 Å². The van der Waals surface area contributed by atoms with Gasteiger partial charge < -0.3 is 10.00 Å². The van der Waals surface area contributed by atoms with Crippen LogP contribution in [-0.4, -0.2) is 53.4 Å². The van der Waals surface area contributed by atoms with E-state index in [1.807, 2.05) is 13.8 Å². The minimum atomic E-state index is -4.43. The minimum Gasteiger partial charge on any atom is -0.505 e. The van der Waals surface area contributed by atoms with E-state index in [4.69, 9.17) is 0 Å². The number of aliphatic hydroxyl groups excluding tert-OH is 1. The zero-order valence-corrected chi connectivity index (χ0v) is 21.7. The van der Waals surface area contributed by atoms with Gasteiger partial charge in [0, 0.05) is 23.1 Å². The molecule has 3 heterocycles. The summed E-state index contributed by atoms with van der Waals surface area (Å²) in [6.07, 6.45) is 2.55. The van der Waals surface area contributed by atoms with Crippen molar-refractivity contribution in [3.8, 4) is 0 Å². The van der Waals surface area contributed by atoms with Crippen LogP contribution in [0.1, 0.15) is 25.8 Å². The highest BCUT2D eigenvalue weighted by Gasteiger charge is 2.50. The summed E-state index contributed by atoms with van der Waals surface area (Å²) >= 11 is 1.40. The minimum absolute atomic E-state index is 0.101. The average molecular weight is 539 g/mol. The smallest absolute Gasteiger partial charge is 0.376 e. The van der Waals surface area contributed by atoms with Crippen LogP contribution in [0.3, 0.4) is 0 Å². The first kappa shape index (κ1) is 25.3. The molecular weight excluding hydrogens is 513 g/mol. The summed E-state index contributed by atoms with van der Waals surface area (Å²) in [4.78, 5) is 24.2. The predicted octanol–water partition coefficient (Wildman–Crippen LogP) is 2.96. The second-order valence-corrected chi connectivity index (χ2v) is 13.0. The third-order valence-corrected chi connectivity index (χ3v) is 8.15. The van der Waals surface area contributed by atoms with Crippen molar-refractivity contribution in [2.75, 3.05) is 22.8 Å². The molecule has 2 atom stereocenters. The van der Waals surface area contributed by atoms with Crippen molar-refractivity contribution < 1.29 is 32.4 Å². The molecule has 0 fully saturated rings. The second kappa shape index (κ2) is 8.99. The highest BCUT2D eigenvalue weighted by molar-refractivity contribution is 7.92. The molecule has 4 N–H and O–H groups in total. The number of nitrogens with one attached hydrogen (secondary N) is 2. The van der Waals surface area contributed by atoms with E-state index in [1.54, 1.807) is 16.8 Å². The average Bonchev–Trinajstić information content (AvgIpc) is 3.27. The number of thiophene rings is 1. The molecule has 0 spiro atoms. The van der Waals surface area contributed by atoms with Gasteiger partial charge in [-0.05, 0) is 35.6 Å². The lowest BCUT2D eigenvalue weighted by Crippen LogP contribution is -2.59. The summed E-state index contributed by atoms with van der Waals surface area (Å²) in [6.45, 7) is 4.07. The molecule has 2 aliphatic heterocycles. The summed E-state index contributed by atoms with van der Waals surface area (Å²) in [6, 6.07) is 5.84. The predicted molar refractivity (Wildman–Crippen MR) is 137 cm³/mol. The molecule has 0 bridgehead atoms. The van der Waals surface area contributed by atoms with Crippen LogP contribution in [0.15, 0.2) is 56.7 Å². The number of carbonyl (C=O) groups excluding carboxylic acids is 1. The Labute approximate surface area is 206 Å². The topological polar surface area (TPSA) is 158 Å². The van der Waals surface area contributed by atoms with Crippen molar-refractivity contribution >= 4 is 63.1 Å². The first-order valence-electron chi connectivity index (χ1n) is 10.6. The molecule has 4 rings (SSSR count). The summed E-state index contributed by atoms with van der Waals surface area (Å²) in [5.41, 5.74) is 1.07. The molecule has 2 aliphatic rings. The molecule has 1 aromatic heterocycles. The second-order valence-electron chi connectivity index (χ2n) is 8.70. The molecule has 1 amide bonds. The number of hydrogen-bond acceptors (Lipinski definition) is 8. The van der Waals surface area contributed by atoms with Gasteiger partial charge in [0.15, 0.2) is 11.5 Å². The molecule has 0 aliphatic carbocycles. The van der Waals surface area contributed by atoms with E-state index >= 15 is 0 Å². The Hall–Kier alpha value is -2.83. The number of guanidine groups is 1. The monoisotopic (exact) mass is 538 g/mol. The highest BCUT2D eigenvalue weighted by atomic mass is 32.2. The van der Waals surface area contributed by atoms with Crippen LogP contribution in [0, 0.1) is 5.92 Å². The maximum atomic E-state index is 13.3. The van der Waals surface area contributed by atoms with Gasteiger partial charge >= 0.3 is 19.4 Å². The molecule has 14 heteroatoms.